The minimum absolute atomic E-state index is 0.0469. The first-order chi connectivity index (χ1) is 13.0. The number of benzene rings is 1. The Labute approximate surface area is 166 Å². The molecular weight excluding hydrogens is 364 g/mol. The van der Waals surface area contributed by atoms with Gasteiger partial charge in [0.15, 0.2) is 11.5 Å². The van der Waals surface area contributed by atoms with Crippen molar-refractivity contribution < 1.29 is 19.1 Å². The van der Waals surface area contributed by atoms with Gasteiger partial charge in [-0.3, -0.25) is 9.59 Å². The SMILES string of the molecule is COc1ccc(C(=O)N2CCN(C(=O)CSCCC(C)C)CC2)cc1OC. The van der Waals surface area contributed by atoms with Crippen LogP contribution in [0.15, 0.2) is 18.2 Å². The second-order valence-corrected chi connectivity index (χ2v) is 8.08. The molecule has 2 rings (SSSR count). The first kappa shape index (κ1) is 21.4. The van der Waals surface area contributed by atoms with Gasteiger partial charge in [0.1, 0.15) is 0 Å². The molecule has 0 radical (unpaired) electrons. The van der Waals surface area contributed by atoms with Crippen molar-refractivity contribution in [2.45, 2.75) is 20.3 Å². The number of piperazine rings is 1. The molecule has 1 aliphatic rings. The Morgan fingerprint density at radius 2 is 1.67 bits per heavy atom. The fourth-order valence-corrected chi connectivity index (χ4v) is 4.02. The lowest BCUT2D eigenvalue weighted by molar-refractivity contribution is -0.129. The van der Waals surface area contributed by atoms with Crippen molar-refractivity contribution in [1.29, 1.82) is 0 Å². The number of ether oxygens (including phenoxy) is 2. The summed E-state index contributed by atoms with van der Waals surface area (Å²) in [4.78, 5) is 28.7. The molecule has 1 aromatic carbocycles. The largest absolute Gasteiger partial charge is 0.493 e. The van der Waals surface area contributed by atoms with E-state index in [1.807, 2.05) is 4.90 Å². The number of rotatable bonds is 8. The Morgan fingerprint density at radius 1 is 1.04 bits per heavy atom. The quantitative estimate of drug-likeness (QED) is 0.635. The number of thioether (sulfide) groups is 1. The molecule has 0 saturated carbocycles. The van der Waals surface area contributed by atoms with Gasteiger partial charge < -0.3 is 19.3 Å². The van der Waals surface area contributed by atoms with E-state index in [-0.39, 0.29) is 11.8 Å². The molecule has 27 heavy (non-hydrogen) atoms. The van der Waals surface area contributed by atoms with Crippen molar-refractivity contribution in [3.63, 3.8) is 0 Å². The van der Waals surface area contributed by atoms with Crippen LogP contribution in [0.1, 0.15) is 30.6 Å². The summed E-state index contributed by atoms with van der Waals surface area (Å²) in [5.74, 6) is 3.46. The molecule has 1 heterocycles. The van der Waals surface area contributed by atoms with Crippen LogP contribution in [-0.2, 0) is 4.79 Å². The van der Waals surface area contributed by atoms with Gasteiger partial charge in [-0.15, -0.1) is 0 Å². The van der Waals surface area contributed by atoms with E-state index in [1.165, 1.54) is 0 Å². The molecule has 2 amide bonds. The smallest absolute Gasteiger partial charge is 0.254 e. The molecule has 0 spiro atoms. The monoisotopic (exact) mass is 394 g/mol. The van der Waals surface area contributed by atoms with E-state index in [0.29, 0.717) is 54.9 Å². The summed E-state index contributed by atoms with van der Waals surface area (Å²) in [6, 6.07) is 5.18. The summed E-state index contributed by atoms with van der Waals surface area (Å²) in [6.45, 7) is 6.66. The van der Waals surface area contributed by atoms with Gasteiger partial charge in [-0.2, -0.15) is 11.8 Å². The van der Waals surface area contributed by atoms with E-state index < -0.39 is 0 Å². The van der Waals surface area contributed by atoms with Crippen LogP contribution < -0.4 is 9.47 Å². The van der Waals surface area contributed by atoms with Crippen LogP contribution in [-0.4, -0.2) is 73.5 Å². The number of carbonyl (C=O) groups excluding carboxylic acids is 2. The Bertz CT molecular complexity index is 643. The molecule has 0 bridgehead atoms. The van der Waals surface area contributed by atoms with Gasteiger partial charge in [-0.25, -0.2) is 0 Å². The van der Waals surface area contributed by atoms with E-state index in [1.54, 1.807) is 49.1 Å². The van der Waals surface area contributed by atoms with E-state index in [2.05, 4.69) is 13.8 Å². The third-order valence-corrected chi connectivity index (χ3v) is 5.59. The Balaban J connectivity index is 1.84. The molecule has 1 fully saturated rings. The van der Waals surface area contributed by atoms with Gasteiger partial charge in [0.25, 0.3) is 5.91 Å². The summed E-state index contributed by atoms with van der Waals surface area (Å²) < 4.78 is 10.5. The van der Waals surface area contributed by atoms with Crippen LogP contribution in [0.4, 0.5) is 0 Å². The molecule has 1 aliphatic heterocycles. The van der Waals surface area contributed by atoms with Crippen molar-refractivity contribution in [2.24, 2.45) is 5.92 Å². The van der Waals surface area contributed by atoms with Crippen LogP contribution in [0.3, 0.4) is 0 Å². The molecular formula is C20H30N2O4S. The molecule has 0 unspecified atom stereocenters. The molecule has 0 atom stereocenters. The number of amides is 2. The first-order valence-corrected chi connectivity index (χ1v) is 10.5. The lowest BCUT2D eigenvalue weighted by Gasteiger charge is -2.35. The Hall–Kier alpha value is -1.89. The zero-order chi connectivity index (χ0) is 19.8. The summed E-state index contributed by atoms with van der Waals surface area (Å²) in [7, 11) is 3.12. The van der Waals surface area contributed by atoms with E-state index in [4.69, 9.17) is 9.47 Å². The fourth-order valence-electron chi connectivity index (χ4n) is 2.88. The highest BCUT2D eigenvalue weighted by molar-refractivity contribution is 7.99. The second-order valence-electron chi connectivity index (χ2n) is 6.98. The Morgan fingerprint density at radius 3 is 2.26 bits per heavy atom. The number of carbonyl (C=O) groups is 2. The zero-order valence-corrected chi connectivity index (χ0v) is 17.5. The van der Waals surface area contributed by atoms with Crippen molar-refractivity contribution in [2.75, 3.05) is 51.9 Å². The molecule has 0 aromatic heterocycles. The minimum Gasteiger partial charge on any atom is -0.493 e. The summed E-state index contributed by atoms with van der Waals surface area (Å²) in [5.41, 5.74) is 0.566. The topological polar surface area (TPSA) is 59.1 Å². The third-order valence-electron chi connectivity index (χ3n) is 4.62. The van der Waals surface area contributed by atoms with Gasteiger partial charge in [-0.05, 0) is 36.3 Å². The third kappa shape index (κ3) is 6.06. The van der Waals surface area contributed by atoms with E-state index >= 15 is 0 Å². The summed E-state index contributed by atoms with van der Waals surface area (Å²) in [6.07, 6.45) is 1.13. The highest BCUT2D eigenvalue weighted by Gasteiger charge is 2.25. The van der Waals surface area contributed by atoms with Crippen molar-refractivity contribution in [3.05, 3.63) is 23.8 Å². The number of hydrogen-bond donors (Lipinski definition) is 0. The molecule has 150 valence electrons. The van der Waals surface area contributed by atoms with Crippen molar-refractivity contribution in [1.82, 2.24) is 9.80 Å². The van der Waals surface area contributed by atoms with E-state index in [0.717, 1.165) is 12.2 Å². The maximum Gasteiger partial charge on any atom is 0.254 e. The highest BCUT2D eigenvalue weighted by Crippen LogP contribution is 2.28. The number of methoxy groups -OCH3 is 2. The van der Waals surface area contributed by atoms with E-state index in [9.17, 15) is 9.59 Å². The predicted molar refractivity (Wildman–Crippen MR) is 109 cm³/mol. The van der Waals surface area contributed by atoms with Crippen molar-refractivity contribution in [3.8, 4) is 11.5 Å². The molecule has 1 saturated heterocycles. The number of hydrogen-bond acceptors (Lipinski definition) is 5. The van der Waals surface area contributed by atoms with Gasteiger partial charge in [0.05, 0.1) is 20.0 Å². The molecule has 6 nitrogen and oxygen atoms in total. The predicted octanol–water partition coefficient (Wildman–Crippen LogP) is 2.77. The fraction of sp³-hybridized carbons (Fsp3) is 0.600. The van der Waals surface area contributed by atoms with Gasteiger partial charge in [0.2, 0.25) is 5.91 Å². The maximum absolute atomic E-state index is 12.7. The van der Waals surface area contributed by atoms with Crippen LogP contribution in [0.2, 0.25) is 0 Å². The zero-order valence-electron chi connectivity index (χ0n) is 16.7. The molecule has 1 aromatic rings. The second kappa shape index (κ2) is 10.4. The first-order valence-electron chi connectivity index (χ1n) is 9.33. The molecule has 0 aliphatic carbocycles. The van der Waals surface area contributed by atoms with Crippen LogP contribution in [0.25, 0.3) is 0 Å². The average molecular weight is 395 g/mol. The maximum atomic E-state index is 12.7. The van der Waals surface area contributed by atoms with Gasteiger partial charge in [0, 0.05) is 31.7 Å². The molecule has 7 heteroatoms. The van der Waals surface area contributed by atoms with Gasteiger partial charge >= 0.3 is 0 Å². The lowest BCUT2D eigenvalue weighted by atomic mass is 10.1. The van der Waals surface area contributed by atoms with Crippen LogP contribution in [0, 0.1) is 5.92 Å². The average Bonchev–Trinajstić information content (AvgIpc) is 2.69. The molecule has 0 N–H and O–H groups in total. The van der Waals surface area contributed by atoms with Gasteiger partial charge in [-0.1, -0.05) is 13.8 Å². The van der Waals surface area contributed by atoms with Crippen LogP contribution >= 0.6 is 11.8 Å². The van der Waals surface area contributed by atoms with Crippen LogP contribution in [0.5, 0.6) is 11.5 Å². The summed E-state index contributed by atoms with van der Waals surface area (Å²) in [5, 5.41) is 0. The minimum atomic E-state index is -0.0469. The van der Waals surface area contributed by atoms with Crippen molar-refractivity contribution >= 4 is 23.6 Å². The number of nitrogens with zero attached hydrogens (tertiary/aromatic N) is 2. The summed E-state index contributed by atoms with van der Waals surface area (Å²) >= 11 is 1.70. The lowest BCUT2D eigenvalue weighted by Crippen LogP contribution is -2.51. The Kier molecular flexibility index (Phi) is 8.28. The standard InChI is InChI=1S/C20H30N2O4S/c1-15(2)7-12-27-14-19(23)21-8-10-22(11-9-21)20(24)16-5-6-17(25-3)18(13-16)26-4/h5-6,13,15H,7-12,14H2,1-4H3. The normalized spacial score (nSPS) is 14.4. The highest BCUT2D eigenvalue weighted by atomic mass is 32.2.